The summed E-state index contributed by atoms with van der Waals surface area (Å²) in [4.78, 5) is 14.8. The molecule has 1 aliphatic rings. The molecular formula is C37H23N3O. The highest BCUT2D eigenvalue weighted by molar-refractivity contribution is 6.09. The maximum atomic E-state index is 6.54. The van der Waals surface area contributed by atoms with Crippen molar-refractivity contribution in [3.8, 4) is 67.9 Å². The molecule has 0 bridgehead atoms. The second-order valence-corrected chi connectivity index (χ2v) is 10.1. The van der Waals surface area contributed by atoms with Gasteiger partial charge in [-0.25, -0.2) is 15.0 Å². The smallest absolute Gasteiger partial charge is 0.164 e. The first-order chi connectivity index (χ1) is 20.3. The number of benzene rings is 6. The van der Waals surface area contributed by atoms with Crippen LogP contribution in [0.2, 0.25) is 0 Å². The third-order valence-corrected chi connectivity index (χ3v) is 7.54. The Hall–Kier alpha value is -5.61. The molecule has 0 radical (unpaired) electrons. The quantitative estimate of drug-likeness (QED) is 0.230. The molecule has 8 rings (SSSR count). The van der Waals surface area contributed by atoms with E-state index in [4.69, 9.17) is 19.7 Å². The highest BCUT2D eigenvalue weighted by atomic mass is 16.5. The zero-order chi connectivity index (χ0) is 27.2. The van der Waals surface area contributed by atoms with Gasteiger partial charge in [-0.2, -0.15) is 0 Å². The molecule has 4 nitrogen and oxygen atoms in total. The van der Waals surface area contributed by atoms with Crippen molar-refractivity contribution in [1.29, 1.82) is 0 Å². The first-order valence-electron chi connectivity index (χ1n) is 13.6. The number of hydrogen-bond donors (Lipinski definition) is 0. The van der Waals surface area contributed by atoms with Gasteiger partial charge in [-0.15, -0.1) is 0 Å². The maximum Gasteiger partial charge on any atom is 0.164 e. The second kappa shape index (κ2) is 9.54. The molecule has 1 aromatic heterocycles. The molecule has 0 amide bonds. The maximum absolute atomic E-state index is 6.54. The van der Waals surface area contributed by atoms with E-state index in [0.717, 1.165) is 61.2 Å². The minimum Gasteiger partial charge on any atom is -0.456 e. The molecule has 0 unspecified atom stereocenters. The fourth-order valence-corrected chi connectivity index (χ4v) is 5.57. The van der Waals surface area contributed by atoms with Crippen molar-refractivity contribution in [3.05, 3.63) is 140 Å². The molecule has 0 fully saturated rings. The van der Waals surface area contributed by atoms with Gasteiger partial charge >= 0.3 is 0 Å². The number of rotatable bonds is 4. The van der Waals surface area contributed by atoms with E-state index < -0.39 is 0 Å². The molecule has 192 valence electrons. The standard InChI is InChI=1S/C37H23N3O/c1-4-11-24(12-5-1)27-19-20-28-29-17-10-18-30-31(21-22-32(34(29)30)41-33(28)23-27)37-39-35(25-13-6-2-7-14-25)38-36(40-37)26-15-8-3-9-16-26/h1-23H. The minimum atomic E-state index is 0.631. The van der Waals surface area contributed by atoms with E-state index in [0.29, 0.717) is 17.5 Å². The molecule has 2 heterocycles. The molecule has 0 atom stereocenters. The second-order valence-electron chi connectivity index (χ2n) is 10.1. The Morgan fingerprint density at radius 1 is 0.366 bits per heavy atom. The third kappa shape index (κ3) is 4.05. The summed E-state index contributed by atoms with van der Waals surface area (Å²) in [6.45, 7) is 0. The van der Waals surface area contributed by atoms with Crippen LogP contribution in [0.15, 0.2) is 140 Å². The largest absolute Gasteiger partial charge is 0.456 e. The number of ether oxygens (including phenoxy) is 1. The molecule has 1 aliphatic heterocycles. The van der Waals surface area contributed by atoms with Crippen LogP contribution in [-0.2, 0) is 0 Å². The van der Waals surface area contributed by atoms with Crippen molar-refractivity contribution in [3.63, 3.8) is 0 Å². The number of aromatic nitrogens is 3. The molecule has 41 heavy (non-hydrogen) atoms. The number of hydrogen-bond acceptors (Lipinski definition) is 4. The predicted octanol–water partition coefficient (Wildman–Crippen LogP) is 9.47. The van der Waals surface area contributed by atoms with Crippen LogP contribution in [0.3, 0.4) is 0 Å². The van der Waals surface area contributed by atoms with Crippen molar-refractivity contribution in [2.75, 3.05) is 0 Å². The van der Waals surface area contributed by atoms with E-state index in [1.165, 1.54) is 0 Å². The van der Waals surface area contributed by atoms with E-state index >= 15 is 0 Å². The Bertz CT molecular complexity index is 2000. The van der Waals surface area contributed by atoms with Gasteiger partial charge in [0.15, 0.2) is 17.5 Å². The average Bonchev–Trinajstić information content (AvgIpc) is 3.06. The first kappa shape index (κ1) is 23.3. The van der Waals surface area contributed by atoms with Crippen LogP contribution in [0.25, 0.3) is 67.2 Å². The first-order valence-corrected chi connectivity index (χ1v) is 13.6. The summed E-state index contributed by atoms with van der Waals surface area (Å²) < 4.78 is 6.54. The van der Waals surface area contributed by atoms with Gasteiger partial charge in [0.25, 0.3) is 0 Å². The Morgan fingerprint density at radius 2 is 0.951 bits per heavy atom. The van der Waals surface area contributed by atoms with Crippen molar-refractivity contribution in [1.82, 2.24) is 15.0 Å². The van der Waals surface area contributed by atoms with Gasteiger partial charge in [-0.3, -0.25) is 0 Å². The molecule has 0 saturated heterocycles. The van der Waals surface area contributed by atoms with Crippen LogP contribution < -0.4 is 4.74 Å². The molecule has 0 N–H and O–H groups in total. The topological polar surface area (TPSA) is 47.9 Å². The third-order valence-electron chi connectivity index (χ3n) is 7.54. The molecular weight excluding hydrogens is 502 g/mol. The normalized spacial score (nSPS) is 11.6. The summed E-state index contributed by atoms with van der Waals surface area (Å²) in [6, 6.07) is 47.4. The summed E-state index contributed by atoms with van der Waals surface area (Å²) in [5.41, 5.74) is 7.34. The highest BCUT2D eigenvalue weighted by Gasteiger charge is 2.23. The van der Waals surface area contributed by atoms with E-state index in [2.05, 4.69) is 66.7 Å². The zero-order valence-electron chi connectivity index (χ0n) is 22.0. The van der Waals surface area contributed by atoms with Crippen molar-refractivity contribution in [2.45, 2.75) is 0 Å². The number of nitrogens with zero attached hydrogens (tertiary/aromatic N) is 3. The van der Waals surface area contributed by atoms with Gasteiger partial charge in [0.05, 0.1) is 0 Å². The van der Waals surface area contributed by atoms with Crippen LogP contribution in [-0.4, -0.2) is 15.0 Å². The van der Waals surface area contributed by atoms with Gasteiger partial charge in [-0.1, -0.05) is 115 Å². The Kier molecular flexibility index (Phi) is 5.42. The minimum absolute atomic E-state index is 0.631. The van der Waals surface area contributed by atoms with Crippen molar-refractivity contribution >= 4 is 10.8 Å². The zero-order valence-corrected chi connectivity index (χ0v) is 22.0. The van der Waals surface area contributed by atoms with E-state index in [1.54, 1.807) is 0 Å². The predicted molar refractivity (Wildman–Crippen MR) is 165 cm³/mol. The van der Waals surface area contributed by atoms with Gasteiger partial charge in [0.2, 0.25) is 0 Å². The van der Waals surface area contributed by atoms with Crippen LogP contribution >= 0.6 is 0 Å². The van der Waals surface area contributed by atoms with E-state index in [1.807, 2.05) is 72.8 Å². The summed E-state index contributed by atoms with van der Waals surface area (Å²) >= 11 is 0. The summed E-state index contributed by atoms with van der Waals surface area (Å²) in [7, 11) is 0. The molecule has 7 aromatic rings. The Morgan fingerprint density at radius 3 is 1.61 bits per heavy atom. The molecule has 0 aliphatic carbocycles. The van der Waals surface area contributed by atoms with Crippen LogP contribution in [0, 0.1) is 0 Å². The number of fused-ring (bicyclic) bond motifs is 2. The van der Waals surface area contributed by atoms with Crippen LogP contribution in [0.5, 0.6) is 11.5 Å². The fourth-order valence-electron chi connectivity index (χ4n) is 5.57. The van der Waals surface area contributed by atoms with E-state index in [-0.39, 0.29) is 0 Å². The van der Waals surface area contributed by atoms with Crippen LogP contribution in [0.1, 0.15) is 0 Å². The van der Waals surface area contributed by atoms with Gasteiger partial charge < -0.3 is 4.74 Å². The van der Waals surface area contributed by atoms with E-state index in [9.17, 15) is 0 Å². The molecule has 4 heteroatoms. The lowest BCUT2D eigenvalue weighted by molar-refractivity contribution is 0.487. The molecule has 0 spiro atoms. The van der Waals surface area contributed by atoms with Crippen LogP contribution in [0.4, 0.5) is 0 Å². The summed E-state index contributed by atoms with van der Waals surface area (Å²) in [6.07, 6.45) is 0. The van der Waals surface area contributed by atoms with Crippen molar-refractivity contribution in [2.24, 2.45) is 0 Å². The Balaban J connectivity index is 1.31. The summed E-state index contributed by atoms with van der Waals surface area (Å²) in [5.74, 6) is 3.61. The lowest BCUT2D eigenvalue weighted by Crippen LogP contribution is -2.02. The van der Waals surface area contributed by atoms with Crippen molar-refractivity contribution < 1.29 is 4.74 Å². The van der Waals surface area contributed by atoms with Gasteiger partial charge in [0, 0.05) is 27.6 Å². The Labute approximate surface area is 237 Å². The highest BCUT2D eigenvalue weighted by Crippen LogP contribution is 2.49. The lowest BCUT2D eigenvalue weighted by atomic mass is 9.91. The van der Waals surface area contributed by atoms with Gasteiger partial charge in [-0.05, 0) is 46.3 Å². The monoisotopic (exact) mass is 525 g/mol. The summed E-state index contributed by atoms with van der Waals surface area (Å²) in [5, 5.41) is 2.11. The fraction of sp³-hybridized carbons (Fsp3) is 0. The lowest BCUT2D eigenvalue weighted by Gasteiger charge is -2.23. The average molecular weight is 526 g/mol. The molecule has 0 saturated carbocycles. The SMILES string of the molecule is c1ccc(-c2ccc3c(c2)Oc2ccc(-c4nc(-c5ccccc5)nc(-c5ccccc5)n4)c4cccc-3c24)cc1. The molecule has 6 aromatic carbocycles. The van der Waals surface area contributed by atoms with Gasteiger partial charge in [0.1, 0.15) is 11.5 Å².